The van der Waals surface area contributed by atoms with Crippen LogP contribution in [0.1, 0.15) is 35.6 Å². The van der Waals surface area contributed by atoms with Gasteiger partial charge in [0.2, 0.25) is 5.91 Å². The van der Waals surface area contributed by atoms with Gasteiger partial charge >= 0.3 is 0 Å². The summed E-state index contributed by atoms with van der Waals surface area (Å²) in [6, 6.07) is 24.5. The SMILES string of the molecule is CCc1ccc(NC(C)=O)cc1NC(=O)c1cccc(Nc2cc(-c3ccccc3)nc(C)n2)c1. The second kappa shape index (κ2) is 10.6. The maximum absolute atomic E-state index is 13.1. The summed E-state index contributed by atoms with van der Waals surface area (Å²) in [7, 11) is 0. The van der Waals surface area contributed by atoms with E-state index in [0.717, 1.165) is 28.9 Å². The van der Waals surface area contributed by atoms with Crippen LogP contribution >= 0.6 is 0 Å². The van der Waals surface area contributed by atoms with E-state index in [2.05, 4.69) is 25.9 Å². The molecule has 0 radical (unpaired) electrons. The van der Waals surface area contributed by atoms with Gasteiger partial charge in [0.05, 0.1) is 5.69 Å². The van der Waals surface area contributed by atoms with Crippen molar-refractivity contribution in [3.63, 3.8) is 0 Å². The van der Waals surface area contributed by atoms with Crippen molar-refractivity contribution in [1.29, 1.82) is 0 Å². The lowest BCUT2D eigenvalue weighted by atomic mass is 10.1. The maximum Gasteiger partial charge on any atom is 0.255 e. The fourth-order valence-corrected chi connectivity index (χ4v) is 3.75. The molecule has 0 spiro atoms. The fraction of sp³-hybridized carbons (Fsp3) is 0.143. The molecule has 7 heteroatoms. The smallest absolute Gasteiger partial charge is 0.255 e. The molecule has 1 aromatic heterocycles. The summed E-state index contributed by atoms with van der Waals surface area (Å²) < 4.78 is 0. The van der Waals surface area contributed by atoms with E-state index < -0.39 is 0 Å². The van der Waals surface area contributed by atoms with E-state index in [0.29, 0.717) is 28.6 Å². The number of carbonyl (C=O) groups excluding carboxylic acids is 2. The van der Waals surface area contributed by atoms with Gasteiger partial charge in [-0.25, -0.2) is 9.97 Å². The highest BCUT2D eigenvalue weighted by atomic mass is 16.2. The minimum absolute atomic E-state index is 0.166. The van der Waals surface area contributed by atoms with Crippen molar-refractivity contribution < 1.29 is 9.59 Å². The largest absolute Gasteiger partial charge is 0.340 e. The van der Waals surface area contributed by atoms with Crippen LogP contribution < -0.4 is 16.0 Å². The van der Waals surface area contributed by atoms with Crippen molar-refractivity contribution >= 4 is 34.7 Å². The highest BCUT2D eigenvalue weighted by Crippen LogP contribution is 2.25. The molecular formula is C28H27N5O2. The molecule has 0 bridgehead atoms. The van der Waals surface area contributed by atoms with Gasteiger partial charge in [0.15, 0.2) is 0 Å². The van der Waals surface area contributed by atoms with Crippen molar-refractivity contribution in [2.75, 3.05) is 16.0 Å². The monoisotopic (exact) mass is 465 g/mol. The van der Waals surface area contributed by atoms with Crippen LogP contribution in [-0.4, -0.2) is 21.8 Å². The molecule has 0 unspecified atom stereocenters. The van der Waals surface area contributed by atoms with E-state index in [-0.39, 0.29) is 11.8 Å². The van der Waals surface area contributed by atoms with Gasteiger partial charge in [0.25, 0.3) is 5.91 Å². The molecule has 0 atom stereocenters. The Bertz CT molecular complexity index is 1370. The van der Waals surface area contributed by atoms with E-state index in [1.165, 1.54) is 6.92 Å². The van der Waals surface area contributed by atoms with Crippen LogP contribution in [0.4, 0.5) is 22.9 Å². The summed E-state index contributed by atoms with van der Waals surface area (Å²) in [4.78, 5) is 33.5. The molecule has 1 heterocycles. The molecule has 4 aromatic rings. The molecule has 0 aliphatic carbocycles. The number of rotatable bonds is 7. The van der Waals surface area contributed by atoms with E-state index in [9.17, 15) is 9.59 Å². The van der Waals surface area contributed by atoms with Crippen molar-refractivity contribution in [1.82, 2.24) is 9.97 Å². The molecule has 2 amide bonds. The molecule has 3 N–H and O–H groups in total. The second-order valence-electron chi connectivity index (χ2n) is 8.12. The third-order valence-corrected chi connectivity index (χ3v) is 5.36. The van der Waals surface area contributed by atoms with Gasteiger partial charge in [-0.05, 0) is 49.2 Å². The molecule has 7 nitrogen and oxygen atoms in total. The van der Waals surface area contributed by atoms with Gasteiger partial charge < -0.3 is 16.0 Å². The minimum atomic E-state index is -0.243. The van der Waals surface area contributed by atoms with Gasteiger partial charge in [-0.1, -0.05) is 49.4 Å². The lowest BCUT2D eigenvalue weighted by Gasteiger charge is -2.13. The van der Waals surface area contributed by atoms with E-state index in [4.69, 9.17) is 0 Å². The molecule has 0 saturated heterocycles. The summed E-state index contributed by atoms with van der Waals surface area (Å²) in [6.45, 7) is 5.31. The van der Waals surface area contributed by atoms with Crippen molar-refractivity contribution in [2.45, 2.75) is 27.2 Å². The topological polar surface area (TPSA) is 96.0 Å². The van der Waals surface area contributed by atoms with Crippen LogP contribution in [-0.2, 0) is 11.2 Å². The Morgan fingerprint density at radius 1 is 0.829 bits per heavy atom. The molecule has 176 valence electrons. The quantitative estimate of drug-likeness (QED) is 0.313. The molecular weight excluding hydrogens is 438 g/mol. The third-order valence-electron chi connectivity index (χ3n) is 5.36. The van der Waals surface area contributed by atoms with Crippen LogP contribution in [0.15, 0.2) is 78.9 Å². The van der Waals surface area contributed by atoms with Crippen LogP contribution in [0.25, 0.3) is 11.3 Å². The molecule has 0 fully saturated rings. The number of nitrogens with one attached hydrogen (secondary N) is 3. The lowest BCUT2D eigenvalue weighted by Crippen LogP contribution is -2.14. The number of hydrogen-bond acceptors (Lipinski definition) is 5. The van der Waals surface area contributed by atoms with Crippen molar-refractivity contribution in [2.24, 2.45) is 0 Å². The summed E-state index contributed by atoms with van der Waals surface area (Å²) in [6.07, 6.45) is 0.744. The van der Waals surface area contributed by atoms with Gasteiger partial charge in [-0.2, -0.15) is 0 Å². The first kappa shape index (κ1) is 23.6. The second-order valence-corrected chi connectivity index (χ2v) is 8.12. The molecule has 0 aliphatic heterocycles. The number of hydrogen-bond donors (Lipinski definition) is 3. The fourth-order valence-electron chi connectivity index (χ4n) is 3.75. The summed E-state index contributed by atoms with van der Waals surface area (Å²) in [5.74, 6) is 0.881. The number of aromatic nitrogens is 2. The lowest BCUT2D eigenvalue weighted by molar-refractivity contribution is -0.114. The standard InChI is InChI=1S/C28H27N5O2/c1-4-20-13-14-24(31-19(3)34)16-25(20)33-28(35)22-11-8-12-23(15-22)32-27-17-26(29-18(2)30-27)21-9-6-5-7-10-21/h5-17H,4H2,1-3H3,(H,31,34)(H,33,35)(H,29,30,32). The first-order chi connectivity index (χ1) is 16.9. The Morgan fingerprint density at radius 2 is 1.63 bits per heavy atom. The number of nitrogens with zero attached hydrogens (tertiary/aromatic N) is 2. The highest BCUT2D eigenvalue weighted by Gasteiger charge is 2.12. The predicted molar refractivity (Wildman–Crippen MR) is 140 cm³/mol. The molecule has 35 heavy (non-hydrogen) atoms. The zero-order chi connectivity index (χ0) is 24.8. The number of amides is 2. The zero-order valence-electron chi connectivity index (χ0n) is 19.9. The average Bonchev–Trinajstić information content (AvgIpc) is 2.84. The van der Waals surface area contributed by atoms with Crippen molar-refractivity contribution in [3.05, 3.63) is 95.8 Å². The average molecular weight is 466 g/mol. The normalized spacial score (nSPS) is 10.5. The predicted octanol–water partition coefficient (Wildman–Crippen LogP) is 5.97. The van der Waals surface area contributed by atoms with E-state index in [1.54, 1.807) is 18.2 Å². The highest BCUT2D eigenvalue weighted by molar-refractivity contribution is 6.05. The summed E-state index contributed by atoms with van der Waals surface area (Å²) in [5, 5.41) is 9.02. The van der Waals surface area contributed by atoms with E-state index >= 15 is 0 Å². The first-order valence-corrected chi connectivity index (χ1v) is 11.4. The number of carbonyl (C=O) groups is 2. The van der Waals surface area contributed by atoms with Gasteiger partial charge in [0.1, 0.15) is 11.6 Å². The van der Waals surface area contributed by atoms with Crippen LogP contribution in [0.5, 0.6) is 0 Å². The Balaban J connectivity index is 1.55. The molecule has 3 aromatic carbocycles. The Hall–Kier alpha value is -4.52. The Morgan fingerprint density at radius 3 is 2.37 bits per heavy atom. The van der Waals surface area contributed by atoms with Gasteiger partial charge in [-0.3, -0.25) is 9.59 Å². The summed E-state index contributed by atoms with van der Waals surface area (Å²) >= 11 is 0. The van der Waals surface area contributed by atoms with E-state index in [1.807, 2.05) is 74.5 Å². The Labute approximate surface area is 204 Å². The zero-order valence-corrected chi connectivity index (χ0v) is 19.9. The molecule has 4 rings (SSSR count). The summed E-state index contributed by atoms with van der Waals surface area (Å²) in [5.41, 5.74) is 5.33. The molecule has 0 saturated carbocycles. The number of aryl methyl sites for hydroxylation is 2. The number of anilines is 4. The Kier molecular flexibility index (Phi) is 7.16. The maximum atomic E-state index is 13.1. The third kappa shape index (κ3) is 6.09. The van der Waals surface area contributed by atoms with Crippen LogP contribution in [0.3, 0.4) is 0 Å². The van der Waals surface area contributed by atoms with Crippen LogP contribution in [0.2, 0.25) is 0 Å². The minimum Gasteiger partial charge on any atom is -0.340 e. The van der Waals surface area contributed by atoms with Crippen molar-refractivity contribution in [3.8, 4) is 11.3 Å². The number of benzene rings is 3. The first-order valence-electron chi connectivity index (χ1n) is 11.4. The van der Waals surface area contributed by atoms with Gasteiger partial charge in [-0.15, -0.1) is 0 Å². The molecule has 0 aliphatic rings. The van der Waals surface area contributed by atoms with Gasteiger partial charge in [0, 0.05) is 41.2 Å². The van der Waals surface area contributed by atoms with Crippen LogP contribution in [0, 0.1) is 6.92 Å².